The maximum Gasteiger partial charge on any atom is 0.233 e. The van der Waals surface area contributed by atoms with Crippen molar-refractivity contribution in [3.8, 4) is 0 Å². The minimum Gasteiger partial charge on any atom is -0.359 e. The Balaban J connectivity index is 2.21. The van der Waals surface area contributed by atoms with Crippen LogP contribution >= 0.6 is 0 Å². The standard InChI is InChI=1S/C14H22N2O3/c1-14(2,3)16-12(18)9-6-5-8(11(17)15-4)7-10(9)13(16)19/h8-10H,5-7H2,1-4H3,(H,15,17). The molecule has 5 heteroatoms. The number of rotatable bonds is 1. The van der Waals surface area contributed by atoms with Crippen molar-refractivity contribution < 1.29 is 14.4 Å². The van der Waals surface area contributed by atoms with Gasteiger partial charge in [0.2, 0.25) is 17.7 Å². The molecule has 5 nitrogen and oxygen atoms in total. The average Bonchev–Trinajstić information content (AvgIpc) is 2.60. The molecule has 3 atom stereocenters. The SMILES string of the molecule is CNC(=O)C1CCC2C(=O)N(C(C)(C)C)C(=O)C2C1. The number of hydrogen-bond acceptors (Lipinski definition) is 3. The number of carbonyl (C=O) groups excluding carboxylic acids is 3. The Bertz CT molecular complexity index is 425. The lowest BCUT2D eigenvalue weighted by atomic mass is 9.75. The molecule has 0 bridgehead atoms. The molecule has 1 saturated carbocycles. The van der Waals surface area contributed by atoms with E-state index >= 15 is 0 Å². The number of nitrogens with zero attached hydrogens (tertiary/aromatic N) is 1. The molecule has 19 heavy (non-hydrogen) atoms. The molecule has 1 aliphatic heterocycles. The van der Waals surface area contributed by atoms with E-state index in [0.29, 0.717) is 19.3 Å². The highest BCUT2D eigenvalue weighted by Gasteiger charge is 2.53. The smallest absolute Gasteiger partial charge is 0.233 e. The van der Waals surface area contributed by atoms with Crippen LogP contribution < -0.4 is 5.32 Å². The van der Waals surface area contributed by atoms with Crippen LogP contribution in [-0.4, -0.2) is 35.2 Å². The predicted octanol–water partition coefficient (Wildman–Crippen LogP) is 0.932. The Labute approximate surface area is 113 Å². The minimum atomic E-state index is -0.478. The molecule has 3 unspecified atom stereocenters. The fourth-order valence-corrected chi connectivity index (χ4v) is 3.28. The van der Waals surface area contributed by atoms with E-state index in [4.69, 9.17) is 0 Å². The zero-order chi connectivity index (χ0) is 14.4. The third-order valence-corrected chi connectivity index (χ3v) is 4.21. The molecule has 0 aromatic heterocycles. The van der Waals surface area contributed by atoms with Crippen LogP contribution in [0, 0.1) is 17.8 Å². The van der Waals surface area contributed by atoms with Gasteiger partial charge in [0, 0.05) is 18.5 Å². The molecule has 1 aliphatic carbocycles. The summed E-state index contributed by atoms with van der Waals surface area (Å²) in [5.74, 6) is -0.833. The monoisotopic (exact) mass is 266 g/mol. The summed E-state index contributed by atoms with van der Waals surface area (Å²) in [7, 11) is 1.61. The van der Waals surface area contributed by atoms with Crippen molar-refractivity contribution in [3.05, 3.63) is 0 Å². The first-order chi connectivity index (χ1) is 8.77. The quantitative estimate of drug-likeness (QED) is 0.718. The highest BCUT2D eigenvalue weighted by molar-refractivity contribution is 6.06. The van der Waals surface area contributed by atoms with Crippen LogP contribution in [0.5, 0.6) is 0 Å². The molecule has 0 spiro atoms. The van der Waals surface area contributed by atoms with Crippen LogP contribution in [-0.2, 0) is 14.4 Å². The number of hydrogen-bond donors (Lipinski definition) is 1. The van der Waals surface area contributed by atoms with Crippen LogP contribution in [0.15, 0.2) is 0 Å². The first kappa shape index (κ1) is 14.0. The summed E-state index contributed by atoms with van der Waals surface area (Å²) in [5.41, 5.74) is -0.478. The van der Waals surface area contributed by atoms with Crippen molar-refractivity contribution in [2.24, 2.45) is 17.8 Å². The highest BCUT2D eigenvalue weighted by Crippen LogP contribution is 2.42. The Morgan fingerprint density at radius 1 is 1.16 bits per heavy atom. The second-order valence-electron chi connectivity index (χ2n) is 6.52. The van der Waals surface area contributed by atoms with Crippen molar-refractivity contribution in [1.29, 1.82) is 0 Å². The molecule has 106 valence electrons. The summed E-state index contributed by atoms with van der Waals surface area (Å²) >= 11 is 0. The molecule has 0 aromatic carbocycles. The van der Waals surface area contributed by atoms with Gasteiger partial charge in [0.25, 0.3) is 0 Å². The molecule has 3 amide bonds. The maximum absolute atomic E-state index is 12.4. The van der Waals surface area contributed by atoms with Gasteiger partial charge >= 0.3 is 0 Å². The Hall–Kier alpha value is -1.39. The summed E-state index contributed by atoms with van der Waals surface area (Å²) in [6, 6.07) is 0. The average molecular weight is 266 g/mol. The van der Waals surface area contributed by atoms with E-state index in [9.17, 15) is 14.4 Å². The van der Waals surface area contributed by atoms with Gasteiger partial charge < -0.3 is 5.32 Å². The molecule has 0 aromatic rings. The van der Waals surface area contributed by atoms with Crippen molar-refractivity contribution in [3.63, 3.8) is 0 Å². The molecule has 1 heterocycles. The topological polar surface area (TPSA) is 66.5 Å². The third kappa shape index (κ3) is 2.26. The van der Waals surface area contributed by atoms with E-state index in [0.717, 1.165) is 0 Å². The summed E-state index contributed by atoms with van der Waals surface area (Å²) < 4.78 is 0. The third-order valence-electron chi connectivity index (χ3n) is 4.21. The first-order valence-electron chi connectivity index (χ1n) is 6.87. The van der Waals surface area contributed by atoms with Crippen LogP contribution in [0.2, 0.25) is 0 Å². The number of likely N-dealkylation sites (tertiary alicyclic amines) is 1. The van der Waals surface area contributed by atoms with E-state index in [1.54, 1.807) is 7.05 Å². The summed E-state index contributed by atoms with van der Waals surface area (Å²) in [6.07, 6.45) is 1.83. The fraction of sp³-hybridized carbons (Fsp3) is 0.786. The lowest BCUT2D eigenvalue weighted by molar-refractivity contribution is -0.145. The van der Waals surface area contributed by atoms with Crippen molar-refractivity contribution in [1.82, 2.24) is 10.2 Å². The molecule has 2 rings (SSSR count). The molecule has 1 N–H and O–H groups in total. The van der Waals surface area contributed by atoms with Crippen LogP contribution in [0.4, 0.5) is 0 Å². The fourth-order valence-electron chi connectivity index (χ4n) is 3.28. The molecular formula is C14H22N2O3. The van der Waals surface area contributed by atoms with Gasteiger partial charge in [-0.1, -0.05) is 0 Å². The van der Waals surface area contributed by atoms with Crippen molar-refractivity contribution in [2.45, 2.75) is 45.6 Å². The van der Waals surface area contributed by atoms with Gasteiger partial charge in [-0.15, -0.1) is 0 Å². The summed E-state index contributed by atoms with van der Waals surface area (Å²) in [6.45, 7) is 5.61. The van der Waals surface area contributed by atoms with Gasteiger partial charge in [0.05, 0.1) is 11.8 Å². The Morgan fingerprint density at radius 3 is 2.26 bits per heavy atom. The van der Waals surface area contributed by atoms with Crippen LogP contribution in [0.3, 0.4) is 0 Å². The number of imide groups is 1. The number of fused-ring (bicyclic) bond motifs is 1. The van der Waals surface area contributed by atoms with Gasteiger partial charge in [-0.2, -0.15) is 0 Å². The highest BCUT2D eigenvalue weighted by atomic mass is 16.2. The summed E-state index contributed by atoms with van der Waals surface area (Å²) in [5, 5.41) is 2.63. The molecule has 2 aliphatic rings. The van der Waals surface area contributed by atoms with Crippen molar-refractivity contribution >= 4 is 17.7 Å². The second kappa shape index (κ2) is 4.62. The maximum atomic E-state index is 12.4. The number of amides is 3. The van der Waals surface area contributed by atoms with Gasteiger partial charge in [0.15, 0.2) is 0 Å². The van der Waals surface area contributed by atoms with Crippen molar-refractivity contribution in [2.75, 3.05) is 7.05 Å². The lowest BCUT2D eigenvalue weighted by Gasteiger charge is -2.30. The van der Waals surface area contributed by atoms with Gasteiger partial charge in [-0.05, 0) is 40.0 Å². The number of nitrogens with one attached hydrogen (secondary N) is 1. The lowest BCUT2D eigenvalue weighted by Crippen LogP contribution is -2.46. The summed E-state index contributed by atoms with van der Waals surface area (Å²) in [4.78, 5) is 37.9. The minimum absolute atomic E-state index is 0.0205. The predicted molar refractivity (Wildman–Crippen MR) is 70.0 cm³/mol. The Kier molecular flexibility index (Phi) is 3.41. The molecule has 2 fully saturated rings. The second-order valence-corrected chi connectivity index (χ2v) is 6.52. The van der Waals surface area contributed by atoms with Crippen LogP contribution in [0.25, 0.3) is 0 Å². The van der Waals surface area contributed by atoms with E-state index in [2.05, 4.69) is 5.32 Å². The molecule has 0 radical (unpaired) electrons. The van der Waals surface area contributed by atoms with Gasteiger partial charge in [-0.25, -0.2) is 0 Å². The zero-order valence-corrected chi connectivity index (χ0v) is 12.0. The van der Waals surface area contributed by atoms with E-state index < -0.39 is 5.54 Å². The normalized spacial score (nSPS) is 31.4. The molecule has 1 saturated heterocycles. The first-order valence-corrected chi connectivity index (χ1v) is 6.87. The van der Waals surface area contributed by atoms with E-state index in [1.807, 2.05) is 20.8 Å². The van der Waals surface area contributed by atoms with E-state index in [1.165, 1.54) is 4.90 Å². The Morgan fingerprint density at radius 2 is 1.74 bits per heavy atom. The largest absolute Gasteiger partial charge is 0.359 e. The number of carbonyl (C=O) groups is 3. The van der Waals surface area contributed by atoms with Crippen LogP contribution in [0.1, 0.15) is 40.0 Å². The zero-order valence-electron chi connectivity index (χ0n) is 12.0. The van der Waals surface area contributed by atoms with Gasteiger partial charge in [-0.3, -0.25) is 19.3 Å². The van der Waals surface area contributed by atoms with E-state index in [-0.39, 0.29) is 35.5 Å². The molecular weight excluding hydrogens is 244 g/mol. The van der Waals surface area contributed by atoms with Gasteiger partial charge in [0.1, 0.15) is 0 Å².